The predicted molar refractivity (Wildman–Crippen MR) is 114 cm³/mol. The summed E-state index contributed by atoms with van der Waals surface area (Å²) in [6.07, 6.45) is 5.24. The number of likely N-dealkylation sites (tertiary alicyclic amines) is 1. The average Bonchev–Trinajstić information content (AvgIpc) is 2.73. The third-order valence-corrected chi connectivity index (χ3v) is 6.32. The zero-order valence-electron chi connectivity index (χ0n) is 18.6. The summed E-state index contributed by atoms with van der Waals surface area (Å²) in [4.78, 5) is 27.9. The number of piperidine rings is 1. The topological polar surface area (TPSA) is 65.1 Å². The van der Waals surface area contributed by atoms with Crippen molar-refractivity contribution in [3.05, 3.63) is 35.9 Å². The van der Waals surface area contributed by atoms with Crippen molar-refractivity contribution in [3.8, 4) is 11.5 Å². The van der Waals surface area contributed by atoms with Gasteiger partial charge in [-0.3, -0.25) is 9.59 Å². The lowest BCUT2D eigenvalue weighted by Gasteiger charge is -2.50. The standard InChI is InChI=1S/C24H33NO5/c1-6-30-24(27)19-9-7-8-16-12-21(26)25(23(15(2)3)22(16)19)14-17-10-11-18(28-4)13-20(17)29-5/h7-8,10-11,13,15-16,19,22-23H,6,9,12,14H2,1-5H3/t16-,19-,22-,23-/m0/s1. The Balaban J connectivity index is 1.95. The van der Waals surface area contributed by atoms with Crippen LogP contribution in [0.25, 0.3) is 0 Å². The van der Waals surface area contributed by atoms with E-state index in [0.717, 1.165) is 5.56 Å². The first-order chi connectivity index (χ1) is 14.4. The SMILES string of the molecule is CCOC(=O)[C@H]1CC=C[C@H]2CC(=O)N(Cc3ccc(OC)cc3OC)[C@@H](C(C)C)[C@H]12. The van der Waals surface area contributed by atoms with Gasteiger partial charge in [0, 0.05) is 30.6 Å². The second-order valence-electron chi connectivity index (χ2n) is 8.40. The second-order valence-corrected chi connectivity index (χ2v) is 8.40. The lowest BCUT2D eigenvalue weighted by atomic mass is 9.65. The Hall–Kier alpha value is -2.50. The Labute approximate surface area is 179 Å². The van der Waals surface area contributed by atoms with Crippen LogP contribution in [-0.2, 0) is 20.9 Å². The van der Waals surface area contributed by atoms with Crippen molar-refractivity contribution >= 4 is 11.9 Å². The number of benzene rings is 1. The number of ether oxygens (including phenoxy) is 3. The van der Waals surface area contributed by atoms with E-state index in [9.17, 15) is 9.59 Å². The number of esters is 1. The number of carbonyl (C=O) groups excluding carboxylic acids is 2. The summed E-state index contributed by atoms with van der Waals surface area (Å²) in [7, 11) is 3.23. The van der Waals surface area contributed by atoms with Gasteiger partial charge in [0.2, 0.25) is 5.91 Å². The highest BCUT2D eigenvalue weighted by molar-refractivity contribution is 5.80. The van der Waals surface area contributed by atoms with Crippen LogP contribution in [-0.4, -0.2) is 43.6 Å². The minimum atomic E-state index is -0.222. The number of allylic oxidation sites excluding steroid dienone is 2. The summed E-state index contributed by atoms with van der Waals surface area (Å²) >= 11 is 0. The normalized spacial score (nSPS) is 25.8. The molecule has 0 bridgehead atoms. The van der Waals surface area contributed by atoms with E-state index in [-0.39, 0.29) is 41.6 Å². The molecule has 1 saturated heterocycles. The van der Waals surface area contributed by atoms with Gasteiger partial charge in [-0.2, -0.15) is 0 Å². The van der Waals surface area contributed by atoms with Gasteiger partial charge in [-0.25, -0.2) is 0 Å². The lowest BCUT2D eigenvalue weighted by molar-refractivity contribution is -0.159. The van der Waals surface area contributed by atoms with Crippen molar-refractivity contribution in [3.63, 3.8) is 0 Å². The predicted octanol–water partition coefficient (Wildman–Crippen LogP) is 3.83. The van der Waals surface area contributed by atoms with Gasteiger partial charge < -0.3 is 19.1 Å². The highest BCUT2D eigenvalue weighted by Gasteiger charge is 2.49. The largest absolute Gasteiger partial charge is 0.497 e. The lowest BCUT2D eigenvalue weighted by Crippen LogP contribution is -2.57. The fraction of sp³-hybridized carbons (Fsp3) is 0.583. The molecule has 1 aliphatic carbocycles. The fourth-order valence-electron chi connectivity index (χ4n) is 5.04. The smallest absolute Gasteiger partial charge is 0.309 e. The molecule has 1 aliphatic heterocycles. The van der Waals surface area contributed by atoms with Crippen LogP contribution >= 0.6 is 0 Å². The number of nitrogens with zero attached hydrogens (tertiary/aromatic N) is 1. The maximum atomic E-state index is 13.2. The number of hydrogen-bond acceptors (Lipinski definition) is 5. The van der Waals surface area contributed by atoms with Crippen molar-refractivity contribution in [2.45, 2.75) is 46.2 Å². The Bertz CT molecular complexity index is 803. The maximum Gasteiger partial charge on any atom is 0.309 e. The number of carbonyl (C=O) groups is 2. The summed E-state index contributed by atoms with van der Waals surface area (Å²) in [5.74, 6) is 1.46. The number of methoxy groups -OCH3 is 2. The van der Waals surface area contributed by atoms with Gasteiger partial charge >= 0.3 is 5.97 Å². The van der Waals surface area contributed by atoms with Gasteiger partial charge in [-0.15, -0.1) is 0 Å². The molecule has 6 nitrogen and oxygen atoms in total. The fourth-order valence-corrected chi connectivity index (χ4v) is 5.04. The summed E-state index contributed by atoms with van der Waals surface area (Å²) in [6, 6.07) is 5.60. The van der Waals surface area contributed by atoms with Gasteiger partial charge in [0.15, 0.2) is 0 Å². The molecule has 164 valence electrons. The van der Waals surface area contributed by atoms with Crippen LogP contribution in [0.15, 0.2) is 30.4 Å². The van der Waals surface area contributed by atoms with E-state index < -0.39 is 0 Å². The van der Waals surface area contributed by atoms with Gasteiger partial charge in [-0.05, 0) is 43.2 Å². The molecule has 4 atom stereocenters. The van der Waals surface area contributed by atoms with Crippen LogP contribution < -0.4 is 9.47 Å². The molecule has 2 aliphatic rings. The first-order valence-corrected chi connectivity index (χ1v) is 10.7. The van der Waals surface area contributed by atoms with Crippen LogP contribution in [0.4, 0.5) is 0 Å². The van der Waals surface area contributed by atoms with Crippen molar-refractivity contribution in [1.29, 1.82) is 0 Å². The van der Waals surface area contributed by atoms with Crippen molar-refractivity contribution in [1.82, 2.24) is 4.90 Å². The van der Waals surface area contributed by atoms with Gasteiger partial charge in [0.05, 0.1) is 26.7 Å². The highest BCUT2D eigenvalue weighted by Crippen LogP contribution is 2.44. The minimum absolute atomic E-state index is 0.0518. The number of rotatable bonds is 7. The zero-order chi connectivity index (χ0) is 21.8. The second kappa shape index (κ2) is 9.54. The van der Waals surface area contributed by atoms with E-state index in [1.807, 2.05) is 36.1 Å². The molecule has 1 heterocycles. The molecule has 1 fully saturated rings. The van der Waals surface area contributed by atoms with E-state index in [2.05, 4.69) is 19.9 Å². The van der Waals surface area contributed by atoms with E-state index in [1.165, 1.54) is 0 Å². The van der Waals surface area contributed by atoms with Gasteiger partial charge in [0.25, 0.3) is 0 Å². The Morgan fingerprint density at radius 3 is 2.63 bits per heavy atom. The average molecular weight is 416 g/mol. The molecule has 0 spiro atoms. The van der Waals surface area contributed by atoms with Crippen molar-refractivity contribution < 1.29 is 23.8 Å². The highest BCUT2D eigenvalue weighted by atomic mass is 16.5. The van der Waals surface area contributed by atoms with Crippen LogP contribution in [0.5, 0.6) is 11.5 Å². The molecule has 6 heteroatoms. The molecule has 30 heavy (non-hydrogen) atoms. The van der Waals surface area contributed by atoms with E-state index in [1.54, 1.807) is 14.2 Å². The Morgan fingerprint density at radius 1 is 1.23 bits per heavy atom. The zero-order valence-corrected chi connectivity index (χ0v) is 18.6. The quantitative estimate of drug-likeness (QED) is 0.500. The summed E-state index contributed by atoms with van der Waals surface area (Å²) in [5.41, 5.74) is 0.926. The molecular formula is C24H33NO5. The molecule has 3 rings (SSSR count). The first kappa shape index (κ1) is 22.2. The number of hydrogen-bond donors (Lipinski definition) is 0. The minimum Gasteiger partial charge on any atom is -0.497 e. The van der Waals surface area contributed by atoms with E-state index >= 15 is 0 Å². The van der Waals surface area contributed by atoms with Gasteiger partial charge in [0.1, 0.15) is 11.5 Å². The maximum absolute atomic E-state index is 13.2. The van der Waals surface area contributed by atoms with Crippen molar-refractivity contribution in [2.24, 2.45) is 23.7 Å². The molecule has 0 radical (unpaired) electrons. The molecule has 1 aromatic carbocycles. The molecule has 0 unspecified atom stereocenters. The third-order valence-electron chi connectivity index (χ3n) is 6.32. The monoisotopic (exact) mass is 415 g/mol. The van der Waals surface area contributed by atoms with Crippen molar-refractivity contribution in [2.75, 3.05) is 20.8 Å². The van der Waals surface area contributed by atoms with Crippen LogP contribution in [0, 0.1) is 23.7 Å². The number of fused-ring (bicyclic) bond motifs is 1. The third kappa shape index (κ3) is 4.32. The van der Waals surface area contributed by atoms with E-state index in [0.29, 0.717) is 37.5 Å². The van der Waals surface area contributed by atoms with Crippen LogP contribution in [0.1, 0.15) is 39.2 Å². The summed E-state index contributed by atoms with van der Waals surface area (Å²) in [5, 5.41) is 0. The van der Waals surface area contributed by atoms with E-state index in [4.69, 9.17) is 14.2 Å². The Morgan fingerprint density at radius 2 is 2.00 bits per heavy atom. The Kier molecular flexibility index (Phi) is 7.06. The molecular weight excluding hydrogens is 382 g/mol. The molecule has 0 N–H and O–H groups in total. The van der Waals surface area contributed by atoms with Crippen LogP contribution in [0.2, 0.25) is 0 Å². The molecule has 1 aromatic rings. The summed E-state index contributed by atoms with van der Waals surface area (Å²) < 4.78 is 16.2. The molecule has 0 aromatic heterocycles. The van der Waals surface area contributed by atoms with Crippen LogP contribution in [0.3, 0.4) is 0 Å². The number of amides is 1. The molecule has 1 amide bonds. The first-order valence-electron chi connectivity index (χ1n) is 10.7. The molecule has 0 saturated carbocycles. The van der Waals surface area contributed by atoms with Gasteiger partial charge in [-0.1, -0.05) is 26.0 Å². The summed E-state index contributed by atoms with van der Waals surface area (Å²) in [6.45, 7) is 6.89.